The predicted octanol–water partition coefficient (Wildman–Crippen LogP) is 4.47. The molecule has 1 fully saturated rings. The zero-order valence-corrected chi connectivity index (χ0v) is 16.0. The van der Waals surface area contributed by atoms with Gasteiger partial charge in [0.2, 0.25) is 5.91 Å². The van der Waals surface area contributed by atoms with E-state index in [9.17, 15) is 4.79 Å². The molecule has 28 heavy (non-hydrogen) atoms. The van der Waals surface area contributed by atoms with E-state index in [1.807, 2.05) is 41.3 Å². The molecule has 1 aromatic heterocycles. The molecule has 0 saturated carbocycles. The first-order valence-electron chi connectivity index (χ1n) is 9.65. The zero-order valence-electron chi connectivity index (χ0n) is 16.0. The molecule has 1 aliphatic rings. The predicted molar refractivity (Wildman–Crippen MR) is 106 cm³/mol. The van der Waals surface area contributed by atoms with Gasteiger partial charge < -0.3 is 14.1 Å². The van der Waals surface area contributed by atoms with Crippen LogP contribution in [0.2, 0.25) is 0 Å². The second kappa shape index (κ2) is 8.30. The van der Waals surface area contributed by atoms with Crippen molar-refractivity contribution in [3.05, 3.63) is 83.6 Å². The lowest BCUT2D eigenvalue weighted by Gasteiger charge is -2.23. The molecule has 3 aromatic rings. The van der Waals surface area contributed by atoms with Crippen LogP contribution >= 0.6 is 0 Å². The fraction of sp³-hybridized carbons (Fsp3) is 0.304. The lowest BCUT2D eigenvalue weighted by atomic mass is 10.1. The van der Waals surface area contributed by atoms with E-state index >= 15 is 0 Å². The molecule has 144 valence electrons. The number of oxazole rings is 1. The second-order valence-corrected chi connectivity index (χ2v) is 7.18. The molecule has 4 rings (SSSR count). The number of nitrogens with zero attached hydrogens (tertiary/aromatic N) is 2. The molecule has 0 radical (unpaired) electrons. The van der Waals surface area contributed by atoms with E-state index < -0.39 is 0 Å². The van der Waals surface area contributed by atoms with Crippen LogP contribution in [-0.2, 0) is 17.8 Å². The standard InChI is InChI=1S/C23H24N2O3/c1-17-5-2-3-6-19(17)15-27-20-10-8-18(9-11-20)13-23(26)25-12-4-7-21(25)22-14-24-16-28-22/h2-3,5-6,8-11,14,16,21H,4,7,12-13,15H2,1H3. The van der Waals surface area contributed by atoms with Crippen molar-refractivity contribution in [2.75, 3.05) is 6.54 Å². The van der Waals surface area contributed by atoms with Gasteiger partial charge in [0.1, 0.15) is 18.1 Å². The Morgan fingerprint density at radius 2 is 2.04 bits per heavy atom. The molecule has 0 aliphatic carbocycles. The lowest BCUT2D eigenvalue weighted by molar-refractivity contribution is -0.131. The number of aromatic nitrogens is 1. The van der Waals surface area contributed by atoms with E-state index in [4.69, 9.17) is 9.15 Å². The third-order valence-corrected chi connectivity index (χ3v) is 5.29. The van der Waals surface area contributed by atoms with Gasteiger partial charge in [0, 0.05) is 6.54 Å². The van der Waals surface area contributed by atoms with Crippen molar-refractivity contribution in [1.29, 1.82) is 0 Å². The normalized spacial score (nSPS) is 16.3. The summed E-state index contributed by atoms with van der Waals surface area (Å²) in [6, 6.07) is 16.0. The van der Waals surface area contributed by atoms with Crippen LogP contribution < -0.4 is 4.74 Å². The fourth-order valence-corrected chi connectivity index (χ4v) is 3.66. The van der Waals surface area contributed by atoms with Gasteiger partial charge in [-0.25, -0.2) is 4.98 Å². The van der Waals surface area contributed by atoms with Crippen molar-refractivity contribution in [2.45, 2.75) is 38.8 Å². The number of rotatable bonds is 6. The highest BCUT2D eigenvalue weighted by Gasteiger charge is 2.31. The van der Waals surface area contributed by atoms with Gasteiger partial charge in [-0.3, -0.25) is 4.79 Å². The molecule has 0 spiro atoms. The monoisotopic (exact) mass is 376 g/mol. The Morgan fingerprint density at radius 1 is 1.21 bits per heavy atom. The summed E-state index contributed by atoms with van der Waals surface area (Å²) < 4.78 is 11.3. The molecule has 2 aromatic carbocycles. The number of likely N-dealkylation sites (tertiary alicyclic amines) is 1. The molecule has 1 amide bonds. The smallest absolute Gasteiger partial charge is 0.227 e. The Balaban J connectivity index is 1.35. The number of amides is 1. The Hall–Kier alpha value is -3.08. The van der Waals surface area contributed by atoms with Crippen LogP contribution in [-0.4, -0.2) is 22.3 Å². The minimum absolute atomic E-state index is 0.00622. The molecule has 1 saturated heterocycles. The maximum absolute atomic E-state index is 12.8. The van der Waals surface area contributed by atoms with Crippen LogP contribution in [0.15, 0.2) is 65.5 Å². The number of ether oxygens (including phenoxy) is 1. The maximum Gasteiger partial charge on any atom is 0.227 e. The highest BCUT2D eigenvalue weighted by molar-refractivity contribution is 5.79. The minimum atomic E-state index is 0.00622. The topological polar surface area (TPSA) is 55.6 Å². The zero-order chi connectivity index (χ0) is 19.3. The lowest BCUT2D eigenvalue weighted by Crippen LogP contribution is -2.31. The number of hydrogen-bond donors (Lipinski definition) is 0. The summed E-state index contributed by atoms with van der Waals surface area (Å²) in [6.07, 6.45) is 5.42. The first kappa shape index (κ1) is 18.3. The van der Waals surface area contributed by atoms with Gasteiger partial charge in [0.25, 0.3) is 0 Å². The first-order valence-corrected chi connectivity index (χ1v) is 9.65. The van der Waals surface area contributed by atoms with Crippen LogP contribution in [0.5, 0.6) is 5.75 Å². The number of aryl methyl sites for hydroxylation is 1. The van der Waals surface area contributed by atoms with E-state index in [-0.39, 0.29) is 11.9 Å². The van der Waals surface area contributed by atoms with Gasteiger partial charge in [0.15, 0.2) is 6.39 Å². The third kappa shape index (κ3) is 4.09. The molecule has 0 N–H and O–H groups in total. The number of benzene rings is 2. The molecule has 1 unspecified atom stereocenters. The molecule has 0 bridgehead atoms. The summed E-state index contributed by atoms with van der Waals surface area (Å²) >= 11 is 0. The highest BCUT2D eigenvalue weighted by atomic mass is 16.5. The average Bonchev–Trinajstić information content (AvgIpc) is 3.40. The van der Waals surface area contributed by atoms with Crippen molar-refractivity contribution in [2.24, 2.45) is 0 Å². The van der Waals surface area contributed by atoms with Gasteiger partial charge >= 0.3 is 0 Å². The van der Waals surface area contributed by atoms with Gasteiger partial charge in [-0.2, -0.15) is 0 Å². The quantitative estimate of drug-likeness (QED) is 0.637. The number of hydrogen-bond acceptors (Lipinski definition) is 4. The van der Waals surface area contributed by atoms with Gasteiger partial charge in [-0.05, 0) is 48.6 Å². The highest BCUT2D eigenvalue weighted by Crippen LogP contribution is 2.32. The average molecular weight is 376 g/mol. The Kier molecular flexibility index (Phi) is 5.42. The van der Waals surface area contributed by atoms with Crippen molar-refractivity contribution in [3.63, 3.8) is 0 Å². The van der Waals surface area contributed by atoms with Crippen LogP contribution in [0, 0.1) is 6.92 Å². The summed E-state index contributed by atoms with van der Waals surface area (Å²) in [5, 5.41) is 0. The third-order valence-electron chi connectivity index (χ3n) is 5.29. The van der Waals surface area contributed by atoms with E-state index in [2.05, 4.69) is 24.0 Å². The van der Waals surface area contributed by atoms with Crippen LogP contribution in [0.25, 0.3) is 0 Å². The summed E-state index contributed by atoms with van der Waals surface area (Å²) in [6.45, 7) is 3.39. The van der Waals surface area contributed by atoms with E-state index in [1.54, 1.807) is 6.20 Å². The van der Waals surface area contributed by atoms with Crippen molar-refractivity contribution < 1.29 is 13.9 Å². The SMILES string of the molecule is Cc1ccccc1COc1ccc(CC(=O)N2CCCC2c2cnco2)cc1. The minimum Gasteiger partial charge on any atom is -0.489 e. The summed E-state index contributed by atoms with van der Waals surface area (Å²) in [4.78, 5) is 18.7. The maximum atomic E-state index is 12.8. The van der Waals surface area contributed by atoms with E-state index in [0.717, 1.165) is 36.5 Å². The van der Waals surface area contributed by atoms with E-state index in [1.165, 1.54) is 17.5 Å². The molecule has 5 nitrogen and oxygen atoms in total. The number of carbonyl (C=O) groups is 1. The fourth-order valence-electron chi connectivity index (χ4n) is 3.66. The first-order chi connectivity index (χ1) is 13.7. The molecule has 1 atom stereocenters. The largest absolute Gasteiger partial charge is 0.489 e. The van der Waals surface area contributed by atoms with Crippen LogP contribution in [0.4, 0.5) is 0 Å². The Labute approximate surface area is 165 Å². The molecule has 5 heteroatoms. The van der Waals surface area contributed by atoms with Crippen molar-refractivity contribution >= 4 is 5.91 Å². The van der Waals surface area contributed by atoms with Gasteiger partial charge in [-0.15, -0.1) is 0 Å². The van der Waals surface area contributed by atoms with Crippen molar-refractivity contribution in [1.82, 2.24) is 9.88 Å². The van der Waals surface area contributed by atoms with Crippen LogP contribution in [0.3, 0.4) is 0 Å². The second-order valence-electron chi connectivity index (χ2n) is 7.18. The molecular formula is C23H24N2O3. The summed E-state index contributed by atoms with van der Waals surface area (Å²) in [7, 11) is 0. The van der Waals surface area contributed by atoms with E-state index in [0.29, 0.717) is 13.0 Å². The molecular weight excluding hydrogens is 352 g/mol. The Bertz CT molecular complexity index is 919. The molecule has 2 heterocycles. The van der Waals surface area contributed by atoms with Crippen LogP contribution in [0.1, 0.15) is 41.3 Å². The van der Waals surface area contributed by atoms with Gasteiger partial charge in [0.05, 0.1) is 18.7 Å². The summed E-state index contributed by atoms with van der Waals surface area (Å²) in [5.74, 6) is 1.69. The summed E-state index contributed by atoms with van der Waals surface area (Å²) in [5.41, 5.74) is 3.38. The Morgan fingerprint density at radius 3 is 2.79 bits per heavy atom. The number of carbonyl (C=O) groups excluding carboxylic acids is 1. The molecule has 1 aliphatic heterocycles. The van der Waals surface area contributed by atoms with Gasteiger partial charge in [-0.1, -0.05) is 36.4 Å². The van der Waals surface area contributed by atoms with Crippen molar-refractivity contribution in [3.8, 4) is 5.75 Å².